The summed E-state index contributed by atoms with van der Waals surface area (Å²) in [6, 6.07) is 0. The lowest BCUT2D eigenvalue weighted by Crippen LogP contribution is -2.59. The van der Waals surface area contributed by atoms with Crippen LogP contribution in [0.2, 0.25) is 0 Å². The van der Waals surface area contributed by atoms with Crippen molar-refractivity contribution in [2.45, 2.75) is 256 Å². The fraction of sp³-hybridized carbons (Fsp3) is 0.811. The molecule has 1 heterocycles. The third-order valence-corrected chi connectivity index (χ3v) is 11.7. The third kappa shape index (κ3) is 34.6. The highest BCUT2D eigenvalue weighted by Gasteiger charge is 2.44. The van der Waals surface area contributed by atoms with Crippen LogP contribution in [0.5, 0.6) is 0 Å². The number of rotatable bonds is 43. The van der Waals surface area contributed by atoms with Crippen molar-refractivity contribution in [3.63, 3.8) is 0 Å². The van der Waals surface area contributed by atoms with Gasteiger partial charge in [0.25, 0.3) is 0 Å². The van der Waals surface area contributed by atoms with Crippen molar-refractivity contribution >= 4 is 11.9 Å². The van der Waals surface area contributed by atoms with Crippen LogP contribution < -0.4 is 0 Å². The Morgan fingerprint density at radius 2 is 0.921 bits per heavy atom. The van der Waals surface area contributed by atoms with Crippen molar-refractivity contribution in [1.82, 2.24) is 0 Å². The molecule has 0 aliphatic carbocycles. The molecule has 0 bridgehead atoms. The maximum absolute atomic E-state index is 12.8. The monoisotopic (exact) mass is 891 g/mol. The van der Waals surface area contributed by atoms with Gasteiger partial charge in [-0.1, -0.05) is 178 Å². The van der Waals surface area contributed by atoms with Gasteiger partial charge >= 0.3 is 11.9 Å². The number of ether oxygens (including phenoxy) is 4. The molecule has 4 N–H and O–H groups in total. The Labute approximate surface area is 384 Å². The summed E-state index contributed by atoms with van der Waals surface area (Å²) in [5, 5.41) is 40.2. The quantitative estimate of drug-likeness (QED) is 0.0264. The Hall–Kier alpha value is -2.34. The first-order valence-corrected chi connectivity index (χ1v) is 25.7. The van der Waals surface area contributed by atoms with Crippen molar-refractivity contribution in [3.8, 4) is 0 Å². The Morgan fingerprint density at radius 3 is 1.46 bits per heavy atom. The molecule has 366 valence electrons. The van der Waals surface area contributed by atoms with Crippen molar-refractivity contribution in [2.24, 2.45) is 0 Å². The molecular formula is C53H94O10. The van der Waals surface area contributed by atoms with Crippen LogP contribution in [-0.2, 0) is 28.5 Å². The van der Waals surface area contributed by atoms with Gasteiger partial charge in [-0.05, 0) is 77.0 Å². The number of allylic oxidation sites excluding steroid dienone is 8. The summed E-state index contributed by atoms with van der Waals surface area (Å²) in [6.45, 7) is 3.37. The van der Waals surface area contributed by atoms with E-state index in [0.29, 0.717) is 12.8 Å². The number of carbonyl (C=O) groups is 2. The number of aliphatic hydroxyl groups excluding tert-OH is 4. The molecule has 0 saturated carbocycles. The predicted molar refractivity (Wildman–Crippen MR) is 256 cm³/mol. The predicted octanol–water partition coefficient (Wildman–Crippen LogP) is 12.0. The number of aliphatic hydroxyl groups is 4. The molecule has 0 amide bonds. The summed E-state index contributed by atoms with van der Waals surface area (Å²) in [6.07, 6.45) is 45.6. The topological polar surface area (TPSA) is 152 Å². The van der Waals surface area contributed by atoms with E-state index in [1.54, 1.807) is 0 Å². The van der Waals surface area contributed by atoms with Crippen molar-refractivity contribution in [3.05, 3.63) is 48.6 Å². The number of unbranched alkanes of at least 4 members (excludes halogenated alkanes) is 24. The summed E-state index contributed by atoms with van der Waals surface area (Å²) in [7, 11) is 0. The van der Waals surface area contributed by atoms with E-state index in [1.807, 2.05) is 0 Å². The molecule has 1 rings (SSSR count). The van der Waals surface area contributed by atoms with Gasteiger partial charge in [0.1, 0.15) is 31.0 Å². The largest absolute Gasteiger partial charge is 0.462 e. The second-order valence-electron chi connectivity index (χ2n) is 17.6. The van der Waals surface area contributed by atoms with E-state index < -0.39 is 55.4 Å². The molecule has 63 heavy (non-hydrogen) atoms. The smallest absolute Gasteiger partial charge is 0.306 e. The van der Waals surface area contributed by atoms with Gasteiger partial charge in [0.05, 0.1) is 13.2 Å². The molecule has 1 aliphatic rings. The molecule has 0 aromatic rings. The minimum Gasteiger partial charge on any atom is -0.462 e. The lowest BCUT2D eigenvalue weighted by Gasteiger charge is -2.39. The molecule has 0 aromatic heterocycles. The van der Waals surface area contributed by atoms with Gasteiger partial charge in [-0.15, -0.1) is 0 Å². The van der Waals surface area contributed by atoms with Gasteiger partial charge in [0.15, 0.2) is 12.4 Å². The summed E-state index contributed by atoms with van der Waals surface area (Å²) < 4.78 is 22.2. The van der Waals surface area contributed by atoms with Crippen molar-refractivity contribution in [2.75, 3.05) is 19.8 Å². The van der Waals surface area contributed by atoms with Gasteiger partial charge in [0.2, 0.25) is 0 Å². The molecule has 1 aliphatic heterocycles. The molecule has 0 aromatic carbocycles. The maximum Gasteiger partial charge on any atom is 0.306 e. The molecule has 10 heteroatoms. The van der Waals surface area contributed by atoms with Crippen LogP contribution >= 0.6 is 0 Å². The average molecular weight is 891 g/mol. The van der Waals surface area contributed by atoms with Gasteiger partial charge in [-0.2, -0.15) is 0 Å². The van der Waals surface area contributed by atoms with Gasteiger partial charge in [0, 0.05) is 12.8 Å². The molecule has 10 nitrogen and oxygen atoms in total. The number of esters is 2. The Bertz CT molecular complexity index is 1170. The molecule has 1 fully saturated rings. The Balaban J connectivity index is 2.29. The van der Waals surface area contributed by atoms with Crippen LogP contribution in [-0.4, -0.2) is 89.0 Å². The minimum absolute atomic E-state index is 0.167. The SMILES string of the molecule is CCCCC/C=C/C/C=C/CCCCCCCC(=O)OC[C@H](CO[C@@H]1O[C@H](CO)[C@H](O)C(O)C1O)OC(=O)CCC/C=C/CC/C=C/CCCCCCCCCCCCCCCC. The first kappa shape index (κ1) is 58.7. The van der Waals surface area contributed by atoms with Gasteiger partial charge < -0.3 is 39.4 Å². The van der Waals surface area contributed by atoms with E-state index in [2.05, 4.69) is 62.5 Å². The fourth-order valence-electron chi connectivity index (χ4n) is 7.59. The minimum atomic E-state index is -1.61. The maximum atomic E-state index is 12.8. The number of hydrogen-bond acceptors (Lipinski definition) is 10. The third-order valence-electron chi connectivity index (χ3n) is 11.7. The highest BCUT2D eigenvalue weighted by Crippen LogP contribution is 2.23. The van der Waals surface area contributed by atoms with Crippen molar-refractivity contribution < 1.29 is 49.0 Å². The summed E-state index contributed by atoms with van der Waals surface area (Å²) in [5.74, 6) is -0.869. The second-order valence-corrected chi connectivity index (χ2v) is 17.6. The van der Waals surface area contributed by atoms with E-state index in [0.717, 1.165) is 64.2 Å². The average Bonchev–Trinajstić information content (AvgIpc) is 3.28. The summed E-state index contributed by atoms with van der Waals surface area (Å²) >= 11 is 0. The van der Waals surface area contributed by atoms with E-state index in [9.17, 15) is 30.0 Å². The summed E-state index contributed by atoms with van der Waals surface area (Å²) in [5.41, 5.74) is 0. The first-order chi connectivity index (χ1) is 30.8. The zero-order chi connectivity index (χ0) is 45.9. The van der Waals surface area contributed by atoms with E-state index in [1.165, 1.54) is 116 Å². The Morgan fingerprint density at radius 1 is 0.492 bits per heavy atom. The molecule has 0 spiro atoms. The lowest BCUT2D eigenvalue weighted by atomic mass is 9.99. The molecule has 0 radical (unpaired) electrons. The van der Waals surface area contributed by atoms with Crippen LogP contribution in [0.1, 0.15) is 219 Å². The number of carbonyl (C=O) groups excluding carboxylic acids is 2. The normalized spacial score (nSPS) is 19.9. The van der Waals surface area contributed by atoms with Gasteiger partial charge in [-0.3, -0.25) is 9.59 Å². The molecule has 6 atom stereocenters. The standard InChI is InChI=1S/C53H94O10/c1-3-5-7-9-11-13-15-17-19-20-21-22-23-24-25-26-28-30-32-34-36-38-40-42-49(56)62-46(45-61-53-52(59)51(58)50(57)47(43-54)63-53)44-60-48(55)41-39-37-35-33-31-29-27-18-16-14-12-10-8-6-4-2/h12,14,18,26-28,34,36,46-47,50-54,57-59H,3-11,13,15-17,19-25,29-33,35,37-45H2,1-2H3/b14-12+,27-18+,28-26+,36-34+/t46-,47-,50+,51?,52?,53-/m1/s1. The highest BCUT2D eigenvalue weighted by atomic mass is 16.7. The molecule has 1 saturated heterocycles. The van der Waals surface area contributed by atoms with Crippen molar-refractivity contribution in [1.29, 1.82) is 0 Å². The lowest BCUT2D eigenvalue weighted by molar-refractivity contribution is -0.305. The first-order valence-electron chi connectivity index (χ1n) is 25.7. The zero-order valence-corrected chi connectivity index (χ0v) is 40.1. The molecular weight excluding hydrogens is 797 g/mol. The van der Waals surface area contributed by atoms with Crippen LogP contribution in [0.15, 0.2) is 48.6 Å². The second kappa shape index (κ2) is 43.5. The van der Waals surface area contributed by atoms with E-state index in [4.69, 9.17) is 18.9 Å². The fourth-order valence-corrected chi connectivity index (χ4v) is 7.59. The van der Waals surface area contributed by atoms with Crippen LogP contribution in [0.25, 0.3) is 0 Å². The van der Waals surface area contributed by atoms with E-state index >= 15 is 0 Å². The van der Waals surface area contributed by atoms with Gasteiger partial charge in [-0.25, -0.2) is 0 Å². The molecule has 2 unspecified atom stereocenters. The summed E-state index contributed by atoms with van der Waals surface area (Å²) in [4.78, 5) is 25.4. The van der Waals surface area contributed by atoms with Crippen LogP contribution in [0, 0.1) is 0 Å². The Kier molecular flexibility index (Phi) is 40.6. The van der Waals surface area contributed by atoms with Crippen LogP contribution in [0.3, 0.4) is 0 Å². The van der Waals surface area contributed by atoms with E-state index in [-0.39, 0.29) is 26.1 Å². The number of hydrogen-bond donors (Lipinski definition) is 4. The zero-order valence-electron chi connectivity index (χ0n) is 40.1. The highest BCUT2D eigenvalue weighted by molar-refractivity contribution is 5.70. The van der Waals surface area contributed by atoms with Crippen LogP contribution in [0.4, 0.5) is 0 Å².